The number of aryl methyl sites for hydroxylation is 2. The van der Waals surface area contributed by atoms with E-state index in [0.717, 1.165) is 17.2 Å². The molecular weight excluding hydrogens is 398 g/mol. The van der Waals surface area contributed by atoms with E-state index < -0.39 is 22.6 Å². The maximum absolute atomic E-state index is 12.5. The smallest absolute Gasteiger partial charge is 0.338 e. The van der Waals surface area contributed by atoms with Gasteiger partial charge in [-0.05, 0) is 37.6 Å². The van der Waals surface area contributed by atoms with Gasteiger partial charge in [0, 0.05) is 12.6 Å². The van der Waals surface area contributed by atoms with Gasteiger partial charge in [0.25, 0.3) is 10.0 Å². The predicted octanol–water partition coefficient (Wildman–Crippen LogP) is 2.53. The highest BCUT2D eigenvalue weighted by molar-refractivity contribution is 7.89. The van der Waals surface area contributed by atoms with E-state index in [1.165, 1.54) is 33.4 Å². The highest BCUT2D eigenvalue weighted by Gasteiger charge is 2.27. The van der Waals surface area contributed by atoms with Gasteiger partial charge < -0.3 is 9.47 Å². The fourth-order valence-electron chi connectivity index (χ4n) is 2.66. The number of ether oxygens (including phenoxy) is 2. The Morgan fingerprint density at radius 1 is 1.03 bits per heavy atom. The number of carbonyl (C=O) groups is 2. The molecule has 0 aliphatic carbocycles. The minimum Gasteiger partial charge on any atom is -0.495 e. The first-order chi connectivity index (χ1) is 13.6. The third-order valence-corrected chi connectivity index (χ3v) is 5.99. The molecule has 2 rings (SSSR count). The molecule has 0 aliphatic heterocycles. The maximum Gasteiger partial charge on any atom is 0.338 e. The van der Waals surface area contributed by atoms with Gasteiger partial charge in [-0.15, -0.1) is 0 Å². The molecule has 0 amide bonds. The highest BCUT2D eigenvalue weighted by atomic mass is 32.2. The average Bonchev–Trinajstić information content (AvgIpc) is 2.70. The number of carbonyl (C=O) groups excluding carboxylic acids is 2. The Bertz CT molecular complexity index is 1030. The second-order valence-electron chi connectivity index (χ2n) is 6.28. The fraction of sp³-hybridized carbons (Fsp3) is 0.300. The predicted molar refractivity (Wildman–Crippen MR) is 105 cm³/mol. The van der Waals surface area contributed by atoms with Crippen molar-refractivity contribution in [3.63, 3.8) is 0 Å². The van der Waals surface area contributed by atoms with Crippen LogP contribution in [0.3, 0.4) is 0 Å². The summed E-state index contributed by atoms with van der Waals surface area (Å²) < 4.78 is 35.9. The van der Waals surface area contributed by atoms with Crippen LogP contribution in [0.1, 0.15) is 31.8 Å². The van der Waals surface area contributed by atoms with Gasteiger partial charge in [-0.25, -0.2) is 13.2 Å². The lowest BCUT2D eigenvalue weighted by Crippen LogP contribution is -2.26. The van der Waals surface area contributed by atoms with Gasteiger partial charge in [-0.2, -0.15) is 0 Å². The molecule has 0 spiro atoms. The van der Waals surface area contributed by atoms with Crippen molar-refractivity contribution in [2.45, 2.75) is 18.7 Å². The number of ketones is 1. The molecule has 0 aromatic heterocycles. The van der Waals surface area contributed by atoms with Crippen molar-refractivity contribution in [3.05, 3.63) is 58.7 Å². The monoisotopic (exact) mass is 421 g/mol. The molecule has 0 saturated heterocycles. The Labute approximate surface area is 170 Å². The molecule has 0 heterocycles. The molecule has 0 bridgehead atoms. The zero-order valence-electron chi connectivity index (χ0n) is 16.9. The highest BCUT2D eigenvalue weighted by Crippen LogP contribution is 2.27. The van der Waals surface area contributed by atoms with Crippen LogP contribution < -0.4 is 4.74 Å². The molecule has 2 aromatic rings. The van der Waals surface area contributed by atoms with Crippen molar-refractivity contribution in [3.8, 4) is 5.75 Å². The number of hydroxylamine groups is 1. The summed E-state index contributed by atoms with van der Waals surface area (Å²) in [6, 6.07) is 9.15. The summed E-state index contributed by atoms with van der Waals surface area (Å²) in [5.41, 5.74) is 2.22. The van der Waals surface area contributed by atoms with Crippen molar-refractivity contribution in [2.75, 3.05) is 27.9 Å². The lowest BCUT2D eigenvalue weighted by atomic mass is 10.0. The summed E-state index contributed by atoms with van der Waals surface area (Å²) >= 11 is 0. The normalized spacial score (nSPS) is 11.4. The van der Waals surface area contributed by atoms with Crippen LogP contribution in [0.15, 0.2) is 41.3 Å². The number of Topliss-reactive ketones (excluding diaryl/α,β-unsaturated/α-hetero) is 1. The summed E-state index contributed by atoms with van der Waals surface area (Å²) in [6.45, 7) is 3.25. The molecule has 0 atom stereocenters. The lowest BCUT2D eigenvalue weighted by molar-refractivity contribution is -0.0259. The van der Waals surface area contributed by atoms with Crippen molar-refractivity contribution < 1.29 is 32.3 Å². The molecule has 0 radical (unpaired) electrons. The minimum atomic E-state index is -4.06. The standard InChI is InChI=1S/C20H23NO7S/c1-13-6-8-16(14(2)10-13)17(22)12-28-20(23)15-7-9-18(26-4)19(11-15)29(24,25)21(3)27-5/h6-11H,12H2,1-5H3. The van der Waals surface area contributed by atoms with Crippen molar-refractivity contribution in [1.82, 2.24) is 4.47 Å². The van der Waals surface area contributed by atoms with E-state index >= 15 is 0 Å². The average molecular weight is 421 g/mol. The van der Waals surface area contributed by atoms with Crippen LogP contribution in [0.4, 0.5) is 0 Å². The van der Waals surface area contributed by atoms with E-state index in [1.807, 2.05) is 13.0 Å². The van der Waals surface area contributed by atoms with Gasteiger partial charge in [0.15, 0.2) is 6.61 Å². The Hall–Kier alpha value is -2.75. The number of benzene rings is 2. The first kappa shape index (κ1) is 22.5. The van der Waals surface area contributed by atoms with Crippen LogP contribution in [-0.2, 0) is 19.6 Å². The van der Waals surface area contributed by atoms with Crippen LogP contribution in [0.25, 0.3) is 0 Å². The van der Waals surface area contributed by atoms with Gasteiger partial charge in [-0.1, -0.05) is 28.2 Å². The number of sulfonamides is 1. The number of esters is 1. The quantitative estimate of drug-likeness (QED) is 0.367. The molecular formula is C20H23NO7S. The van der Waals surface area contributed by atoms with E-state index in [1.54, 1.807) is 19.1 Å². The zero-order chi connectivity index (χ0) is 21.8. The third-order valence-electron chi connectivity index (χ3n) is 4.29. The second kappa shape index (κ2) is 9.17. The molecule has 0 saturated carbocycles. The Morgan fingerprint density at radius 2 is 1.72 bits per heavy atom. The van der Waals surface area contributed by atoms with Crippen molar-refractivity contribution in [2.24, 2.45) is 0 Å². The molecule has 29 heavy (non-hydrogen) atoms. The van der Waals surface area contributed by atoms with E-state index in [0.29, 0.717) is 10.0 Å². The second-order valence-corrected chi connectivity index (χ2v) is 8.18. The minimum absolute atomic E-state index is 0.0387. The number of methoxy groups -OCH3 is 1. The number of rotatable bonds is 8. The van der Waals surface area contributed by atoms with Gasteiger partial charge >= 0.3 is 5.97 Å². The van der Waals surface area contributed by atoms with Gasteiger partial charge in [-0.3, -0.25) is 9.63 Å². The topological polar surface area (TPSA) is 99.2 Å². The zero-order valence-corrected chi connectivity index (χ0v) is 17.7. The van der Waals surface area contributed by atoms with E-state index in [2.05, 4.69) is 0 Å². The third kappa shape index (κ3) is 5.00. The summed E-state index contributed by atoms with van der Waals surface area (Å²) in [5, 5.41) is 0. The van der Waals surface area contributed by atoms with E-state index in [4.69, 9.17) is 14.3 Å². The molecule has 156 valence electrons. The SMILES string of the molecule is COc1ccc(C(=O)OCC(=O)c2ccc(C)cc2C)cc1S(=O)(=O)N(C)OC. The molecule has 2 aromatic carbocycles. The summed E-state index contributed by atoms with van der Waals surface area (Å²) in [5.74, 6) is -1.14. The summed E-state index contributed by atoms with van der Waals surface area (Å²) in [4.78, 5) is 29.2. The van der Waals surface area contributed by atoms with Crippen LogP contribution >= 0.6 is 0 Å². The fourth-order valence-corrected chi connectivity index (χ4v) is 3.82. The van der Waals surface area contributed by atoms with E-state index in [9.17, 15) is 18.0 Å². The number of hydrogen-bond donors (Lipinski definition) is 0. The first-order valence-electron chi connectivity index (χ1n) is 8.60. The molecule has 0 unspecified atom stereocenters. The van der Waals surface area contributed by atoms with Gasteiger partial charge in [0.1, 0.15) is 10.6 Å². The first-order valence-corrected chi connectivity index (χ1v) is 10.0. The van der Waals surface area contributed by atoms with Crippen molar-refractivity contribution in [1.29, 1.82) is 0 Å². The maximum atomic E-state index is 12.5. The largest absolute Gasteiger partial charge is 0.495 e. The molecule has 0 fully saturated rings. The number of hydrogen-bond acceptors (Lipinski definition) is 7. The van der Waals surface area contributed by atoms with Crippen LogP contribution in [-0.4, -0.2) is 52.5 Å². The van der Waals surface area contributed by atoms with Gasteiger partial charge in [0.05, 0.1) is 19.8 Å². The summed E-state index contributed by atoms with van der Waals surface area (Å²) in [7, 11) is -0.347. The van der Waals surface area contributed by atoms with E-state index in [-0.39, 0.29) is 22.0 Å². The molecule has 9 heteroatoms. The van der Waals surface area contributed by atoms with Gasteiger partial charge in [0.2, 0.25) is 5.78 Å². The summed E-state index contributed by atoms with van der Waals surface area (Å²) in [6.07, 6.45) is 0. The molecule has 0 N–H and O–H groups in total. The van der Waals surface area contributed by atoms with Crippen LogP contribution in [0.5, 0.6) is 5.75 Å². The Balaban J connectivity index is 2.23. The lowest BCUT2D eigenvalue weighted by Gasteiger charge is -2.17. The van der Waals surface area contributed by atoms with Crippen LogP contribution in [0.2, 0.25) is 0 Å². The van der Waals surface area contributed by atoms with Crippen LogP contribution in [0, 0.1) is 13.8 Å². The Morgan fingerprint density at radius 3 is 2.31 bits per heavy atom. The molecule has 8 nitrogen and oxygen atoms in total. The molecule has 0 aliphatic rings. The van der Waals surface area contributed by atoms with Crippen molar-refractivity contribution >= 4 is 21.8 Å². The number of nitrogens with zero attached hydrogens (tertiary/aromatic N) is 1. The Kier molecular flexibility index (Phi) is 7.12.